The second-order valence-electron chi connectivity index (χ2n) is 5.15. The topological polar surface area (TPSA) is 22.1 Å². The Hall–Kier alpha value is -1.83. The van der Waals surface area contributed by atoms with Crippen LogP contribution in [0, 0.1) is 6.92 Å². The molecule has 1 aromatic carbocycles. The molecule has 0 aliphatic rings. The minimum atomic E-state index is 0. The Balaban J connectivity index is 0.00000155. The van der Waals surface area contributed by atoms with E-state index in [2.05, 4.69) is 43.1 Å². The van der Waals surface area contributed by atoms with Crippen molar-refractivity contribution in [3.63, 3.8) is 0 Å². The Morgan fingerprint density at radius 1 is 0.913 bits per heavy atom. The van der Waals surface area contributed by atoms with Crippen molar-refractivity contribution in [2.75, 3.05) is 6.61 Å². The molecule has 0 saturated carbocycles. The lowest BCUT2D eigenvalue weighted by molar-refractivity contribution is 0.304. The molecule has 0 atom stereocenters. The summed E-state index contributed by atoms with van der Waals surface area (Å²) in [5, 5.41) is 0. The number of hydrogen-bond acceptors (Lipinski definition) is 2. The third-order valence-corrected chi connectivity index (χ3v) is 3.35. The average Bonchev–Trinajstić information content (AvgIpc) is 2.58. The van der Waals surface area contributed by atoms with Crippen molar-refractivity contribution in [2.24, 2.45) is 0 Å². The lowest BCUT2D eigenvalue weighted by atomic mass is 10.1. The van der Waals surface area contributed by atoms with E-state index in [1.807, 2.05) is 32.2 Å². The van der Waals surface area contributed by atoms with Crippen LogP contribution in [0.1, 0.15) is 59.4 Å². The van der Waals surface area contributed by atoms with Crippen LogP contribution in [-0.2, 0) is 0 Å². The Kier molecular flexibility index (Phi) is 11.7. The number of nitrogens with zero attached hydrogens (tertiary/aromatic N) is 1. The van der Waals surface area contributed by atoms with E-state index in [0.717, 1.165) is 30.0 Å². The lowest BCUT2D eigenvalue weighted by Crippen LogP contribution is -1.97. The fraction of sp³-hybridized carbons (Fsp3) is 0.476. The van der Waals surface area contributed by atoms with Gasteiger partial charge in [-0.3, -0.25) is 4.98 Å². The van der Waals surface area contributed by atoms with Crippen molar-refractivity contribution < 1.29 is 4.74 Å². The van der Waals surface area contributed by atoms with Crippen molar-refractivity contribution in [1.29, 1.82) is 0 Å². The first-order chi connectivity index (χ1) is 10.8. The van der Waals surface area contributed by atoms with Gasteiger partial charge in [0.1, 0.15) is 5.75 Å². The maximum absolute atomic E-state index is 5.70. The molecule has 128 valence electrons. The molecule has 0 radical (unpaired) electrons. The van der Waals surface area contributed by atoms with Crippen molar-refractivity contribution in [2.45, 2.75) is 60.8 Å². The molecule has 0 saturated heterocycles. The van der Waals surface area contributed by atoms with Crippen molar-refractivity contribution in [1.82, 2.24) is 4.98 Å². The van der Waals surface area contributed by atoms with Crippen LogP contribution in [0.3, 0.4) is 0 Å². The Labute approximate surface area is 142 Å². The van der Waals surface area contributed by atoms with Gasteiger partial charge in [-0.2, -0.15) is 0 Å². The number of unbranched alkanes of at least 4 members (excludes halogenated alkanes) is 3. The van der Waals surface area contributed by atoms with E-state index in [4.69, 9.17) is 4.74 Å². The summed E-state index contributed by atoms with van der Waals surface area (Å²) < 4.78 is 5.70. The molecule has 0 N–H and O–H groups in total. The number of benzene rings is 1. The Morgan fingerprint density at radius 2 is 1.61 bits per heavy atom. The highest BCUT2D eigenvalue weighted by atomic mass is 16.5. The monoisotopic (exact) mass is 315 g/mol. The summed E-state index contributed by atoms with van der Waals surface area (Å²) in [5.41, 5.74) is 3.40. The van der Waals surface area contributed by atoms with Crippen LogP contribution in [0.5, 0.6) is 5.75 Å². The fourth-order valence-electron chi connectivity index (χ4n) is 2.08. The van der Waals surface area contributed by atoms with E-state index in [9.17, 15) is 0 Å². The normalized spacial score (nSPS) is 9.39. The quantitative estimate of drug-likeness (QED) is 0.532. The number of rotatable bonds is 7. The van der Waals surface area contributed by atoms with Crippen molar-refractivity contribution in [3.8, 4) is 17.0 Å². The van der Waals surface area contributed by atoms with Gasteiger partial charge in [-0.25, -0.2) is 0 Å². The highest BCUT2D eigenvalue weighted by Crippen LogP contribution is 2.20. The average molecular weight is 316 g/mol. The molecule has 0 fully saturated rings. The van der Waals surface area contributed by atoms with E-state index >= 15 is 0 Å². The first kappa shape index (κ1) is 21.2. The zero-order valence-corrected chi connectivity index (χ0v) is 14.4. The van der Waals surface area contributed by atoms with Crippen LogP contribution in [-0.4, -0.2) is 11.6 Å². The van der Waals surface area contributed by atoms with Gasteiger partial charge in [-0.15, -0.1) is 0 Å². The van der Waals surface area contributed by atoms with Crippen molar-refractivity contribution in [3.05, 3.63) is 48.2 Å². The summed E-state index contributed by atoms with van der Waals surface area (Å²) in [6.45, 7) is 9.09. The smallest absolute Gasteiger partial charge is 0.137 e. The number of hydrogen-bond donors (Lipinski definition) is 0. The van der Waals surface area contributed by atoms with Gasteiger partial charge in [-0.05, 0) is 25.5 Å². The first-order valence-corrected chi connectivity index (χ1v) is 8.45. The molecule has 0 aliphatic carbocycles. The largest absolute Gasteiger partial charge is 0.492 e. The molecule has 2 heteroatoms. The third kappa shape index (κ3) is 7.83. The van der Waals surface area contributed by atoms with Crippen LogP contribution >= 0.6 is 0 Å². The van der Waals surface area contributed by atoms with E-state index in [1.165, 1.54) is 24.8 Å². The maximum Gasteiger partial charge on any atom is 0.137 e. The molecule has 1 heterocycles. The van der Waals surface area contributed by atoms with E-state index in [1.54, 1.807) is 0 Å². The molecular weight excluding hydrogens is 282 g/mol. The number of pyridine rings is 1. The van der Waals surface area contributed by atoms with Gasteiger partial charge in [0.2, 0.25) is 0 Å². The molecule has 1 aromatic heterocycles. The first-order valence-electron chi connectivity index (χ1n) is 8.45. The molecule has 2 aromatic rings. The zero-order chi connectivity index (χ0) is 16.2. The van der Waals surface area contributed by atoms with Crippen LogP contribution < -0.4 is 4.74 Å². The molecule has 23 heavy (non-hydrogen) atoms. The molecule has 0 spiro atoms. The van der Waals surface area contributed by atoms with Crippen LogP contribution in [0.2, 0.25) is 0 Å². The predicted molar refractivity (Wildman–Crippen MR) is 102 cm³/mol. The van der Waals surface area contributed by atoms with Gasteiger partial charge in [0.05, 0.1) is 18.5 Å². The summed E-state index contributed by atoms with van der Waals surface area (Å²) in [7, 11) is 0. The second kappa shape index (κ2) is 12.7. The molecule has 0 unspecified atom stereocenters. The molecular formula is C21H33NO. The van der Waals surface area contributed by atoms with Crippen LogP contribution in [0.4, 0.5) is 0 Å². The van der Waals surface area contributed by atoms with Gasteiger partial charge in [0, 0.05) is 5.56 Å². The molecule has 0 bridgehead atoms. The summed E-state index contributed by atoms with van der Waals surface area (Å²) in [5.74, 6) is 0.859. The summed E-state index contributed by atoms with van der Waals surface area (Å²) in [6, 6.07) is 12.4. The molecule has 0 aliphatic heterocycles. The SMILES string of the molecule is C.CC.CCCCCCOc1ccc(-c2ccc(C)cc2)nc1. The second-order valence-corrected chi connectivity index (χ2v) is 5.15. The van der Waals surface area contributed by atoms with Gasteiger partial charge in [0.15, 0.2) is 0 Å². The van der Waals surface area contributed by atoms with Crippen LogP contribution in [0.15, 0.2) is 42.6 Å². The van der Waals surface area contributed by atoms with E-state index in [-0.39, 0.29) is 7.43 Å². The predicted octanol–water partition coefficient (Wildman–Crippen LogP) is 6.68. The lowest BCUT2D eigenvalue weighted by Gasteiger charge is -2.07. The summed E-state index contributed by atoms with van der Waals surface area (Å²) in [4.78, 5) is 4.47. The van der Waals surface area contributed by atoms with Gasteiger partial charge < -0.3 is 4.74 Å². The fourth-order valence-corrected chi connectivity index (χ4v) is 2.08. The van der Waals surface area contributed by atoms with Gasteiger partial charge in [-0.1, -0.05) is 77.3 Å². The van der Waals surface area contributed by atoms with E-state index < -0.39 is 0 Å². The maximum atomic E-state index is 5.70. The number of aryl methyl sites for hydroxylation is 1. The van der Waals surface area contributed by atoms with Gasteiger partial charge in [0.25, 0.3) is 0 Å². The standard InChI is InChI=1S/C18H23NO.C2H6.CH4/c1-3-4-5-6-13-20-17-11-12-18(19-14-17)16-9-7-15(2)8-10-16;1-2;/h7-12,14H,3-6,13H2,1-2H3;1-2H3;1H4. The Morgan fingerprint density at radius 3 is 2.17 bits per heavy atom. The molecule has 2 nitrogen and oxygen atoms in total. The number of aromatic nitrogens is 1. The van der Waals surface area contributed by atoms with Crippen molar-refractivity contribution >= 4 is 0 Å². The Bertz CT molecular complexity index is 502. The van der Waals surface area contributed by atoms with Gasteiger partial charge >= 0.3 is 0 Å². The minimum Gasteiger partial charge on any atom is -0.492 e. The molecule has 0 amide bonds. The molecule has 2 rings (SSSR count). The van der Waals surface area contributed by atoms with E-state index in [0.29, 0.717) is 0 Å². The summed E-state index contributed by atoms with van der Waals surface area (Å²) >= 11 is 0. The highest BCUT2D eigenvalue weighted by molar-refractivity contribution is 5.59. The highest BCUT2D eigenvalue weighted by Gasteiger charge is 2.00. The number of ether oxygens (including phenoxy) is 1. The minimum absolute atomic E-state index is 0. The third-order valence-electron chi connectivity index (χ3n) is 3.35. The van der Waals surface area contributed by atoms with Crippen LogP contribution in [0.25, 0.3) is 11.3 Å². The zero-order valence-electron chi connectivity index (χ0n) is 14.4. The summed E-state index contributed by atoms with van der Waals surface area (Å²) in [6.07, 6.45) is 6.72.